The molecule has 0 atom stereocenters. The van der Waals surface area contributed by atoms with E-state index in [0.29, 0.717) is 43.9 Å². The zero-order chi connectivity index (χ0) is 25.0. The summed E-state index contributed by atoms with van der Waals surface area (Å²) in [6.07, 6.45) is 0.591. The maximum Gasteiger partial charge on any atom is 0.262 e. The SMILES string of the molecule is CCc1cc(Br)ccc1S(=O)(=O)Nc1ccc(C(=O)N2CCN(c3ccccc3OC)CC2)cc1. The molecule has 1 aliphatic heterocycles. The van der Waals surface area contributed by atoms with E-state index < -0.39 is 10.0 Å². The molecule has 9 heteroatoms. The Morgan fingerprint density at radius 1 is 1.00 bits per heavy atom. The average Bonchev–Trinajstić information content (AvgIpc) is 2.88. The van der Waals surface area contributed by atoms with Gasteiger partial charge in [-0.1, -0.05) is 35.0 Å². The highest BCUT2D eigenvalue weighted by atomic mass is 79.9. The molecule has 0 unspecified atom stereocenters. The van der Waals surface area contributed by atoms with E-state index in [0.717, 1.165) is 21.5 Å². The van der Waals surface area contributed by atoms with Crippen LogP contribution in [0.25, 0.3) is 0 Å². The first-order chi connectivity index (χ1) is 16.8. The molecule has 0 radical (unpaired) electrons. The van der Waals surface area contributed by atoms with Crippen LogP contribution in [-0.4, -0.2) is 52.5 Å². The summed E-state index contributed by atoms with van der Waals surface area (Å²) in [5.41, 5.74) is 2.69. The molecule has 1 saturated heterocycles. The molecule has 7 nitrogen and oxygen atoms in total. The first kappa shape index (κ1) is 25.1. The van der Waals surface area contributed by atoms with E-state index in [9.17, 15) is 13.2 Å². The number of methoxy groups -OCH3 is 1. The Labute approximate surface area is 214 Å². The lowest BCUT2D eigenvalue weighted by Gasteiger charge is -2.36. The first-order valence-corrected chi connectivity index (χ1v) is 13.7. The second kappa shape index (κ2) is 10.7. The first-order valence-electron chi connectivity index (χ1n) is 11.4. The summed E-state index contributed by atoms with van der Waals surface area (Å²) in [6, 6.07) is 19.6. The monoisotopic (exact) mass is 557 g/mol. The van der Waals surface area contributed by atoms with Gasteiger partial charge in [0.25, 0.3) is 15.9 Å². The van der Waals surface area contributed by atoms with Gasteiger partial charge in [-0.3, -0.25) is 9.52 Å². The number of aryl methyl sites for hydroxylation is 1. The predicted octanol–water partition coefficient (Wildman–Crippen LogP) is 4.78. The zero-order valence-electron chi connectivity index (χ0n) is 19.7. The van der Waals surface area contributed by atoms with Gasteiger partial charge in [0.2, 0.25) is 0 Å². The average molecular weight is 558 g/mol. The third kappa shape index (κ3) is 5.62. The Morgan fingerprint density at radius 2 is 1.69 bits per heavy atom. The quantitative estimate of drug-likeness (QED) is 0.452. The van der Waals surface area contributed by atoms with Crippen LogP contribution in [0.4, 0.5) is 11.4 Å². The van der Waals surface area contributed by atoms with Crippen molar-refractivity contribution in [2.24, 2.45) is 0 Å². The number of para-hydroxylation sites is 2. The van der Waals surface area contributed by atoms with Gasteiger partial charge in [-0.05, 0) is 66.6 Å². The number of sulfonamides is 1. The van der Waals surface area contributed by atoms with Crippen LogP contribution in [0, 0.1) is 0 Å². The summed E-state index contributed by atoms with van der Waals surface area (Å²) in [4.78, 5) is 17.3. The third-order valence-corrected chi connectivity index (χ3v) is 8.04. The van der Waals surface area contributed by atoms with Crippen LogP contribution in [-0.2, 0) is 16.4 Å². The number of piperazine rings is 1. The van der Waals surface area contributed by atoms with Crippen molar-refractivity contribution in [3.8, 4) is 5.75 Å². The van der Waals surface area contributed by atoms with Crippen molar-refractivity contribution in [1.29, 1.82) is 0 Å². The highest BCUT2D eigenvalue weighted by molar-refractivity contribution is 9.10. The molecule has 3 aromatic carbocycles. The molecule has 0 saturated carbocycles. The maximum atomic E-state index is 13.0. The summed E-state index contributed by atoms with van der Waals surface area (Å²) < 4.78 is 34.8. The number of carbonyl (C=O) groups is 1. The van der Waals surface area contributed by atoms with Crippen molar-refractivity contribution in [3.63, 3.8) is 0 Å². The molecule has 1 heterocycles. The molecular weight excluding hydrogens is 530 g/mol. The number of anilines is 2. The molecule has 184 valence electrons. The van der Waals surface area contributed by atoms with Crippen LogP contribution in [0.3, 0.4) is 0 Å². The minimum Gasteiger partial charge on any atom is -0.495 e. The molecule has 1 fully saturated rings. The van der Waals surface area contributed by atoms with E-state index >= 15 is 0 Å². The number of ether oxygens (including phenoxy) is 1. The van der Waals surface area contributed by atoms with Crippen molar-refractivity contribution < 1.29 is 17.9 Å². The minimum atomic E-state index is -3.75. The summed E-state index contributed by atoms with van der Waals surface area (Å²) in [7, 11) is -2.09. The topological polar surface area (TPSA) is 79.0 Å². The normalized spacial score (nSPS) is 14.0. The van der Waals surface area contributed by atoms with E-state index in [2.05, 4.69) is 25.6 Å². The Hall–Kier alpha value is -3.04. The second-order valence-electron chi connectivity index (χ2n) is 8.24. The lowest BCUT2D eigenvalue weighted by atomic mass is 10.1. The largest absolute Gasteiger partial charge is 0.495 e. The van der Waals surface area contributed by atoms with Gasteiger partial charge >= 0.3 is 0 Å². The summed E-state index contributed by atoms with van der Waals surface area (Å²) >= 11 is 3.39. The van der Waals surface area contributed by atoms with Crippen LogP contribution in [0.15, 0.2) is 76.1 Å². The minimum absolute atomic E-state index is 0.0692. The van der Waals surface area contributed by atoms with Crippen molar-refractivity contribution in [3.05, 3.63) is 82.3 Å². The fourth-order valence-corrected chi connectivity index (χ4v) is 5.96. The van der Waals surface area contributed by atoms with E-state index in [-0.39, 0.29) is 10.8 Å². The molecule has 0 bridgehead atoms. The number of nitrogens with one attached hydrogen (secondary N) is 1. The van der Waals surface area contributed by atoms with Gasteiger partial charge in [0, 0.05) is 41.9 Å². The molecule has 35 heavy (non-hydrogen) atoms. The molecule has 1 aliphatic rings. The molecule has 0 aromatic heterocycles. The van der Waals surface area contributed by atoms with Crippen LogP contribution in [0.1, 0.15) is 22.8 Å². The van der Waals surface area contributed by atoms with Gasteiger partial charge in [0.15, 0.2) is 0 Å². The van der Waals surface area contributed by atoms with Gasteiger partial charge < -0.3 is 14.5 Å². The molecule has 1 amide bonds. The standard InChI is InChI=1S/C26H28BrN3O4S/c1-3-19-18-21(27)10-13-25(19)35(32,33)28-22-11-8-20(9-12-22)26(31)30-16-14-29(15-17-30)23-6-4-5-7-24(23)34-2/h4-13,18,28H,3,14-17H2,1-2H3. The van der Waals surface area contributed by atoms with E-state index in [1.165, 1.54) is 0 Å². The highest BCUT2D eigenvalue weighted by Gasteiger charge is 2.24. The lowest BCUT2D eigenvalue weighted by molar-refractivity contribution is 0.0746. The molecule has 0 aliphatic carbocycles. The van der Waals surface area contributed by atoms with Crippen molar-refractivity contribution in [2.75, 3.05) is 42.9 Å². The van der Waals surface area contributed by atoms with Gasteiger partial charge in [-0.15, -0.1) is 0 Å². The number of amides is 1. The molecule has 3 aromatic rings. The van der Waals surface area contributed by atoms with Crippen molar-refractivity contribution in [2.45, 2.75) is 18.2 Å². The molecule has 0 spiro atoms. The van der Waals surface area contributed by atoms with Crippen LogP contribution in [0.5, 0.6) is 5.75 Å². The number of carbonyl (C=O) groups excluding carboxylic acids is 1. The number of hydrogen-bond donors (Lipinski definition) is 1. The Balaban J connectivity index is 1.41. The fourth-order valence-electron chi connectivity index (χ4n) is 4.20. The highest BCUT2D eigenvalue weighted by Crippen LogP contribution is 2.29. The van der Waals surface area contributed by atoms with Gasteiger partial charge in [-0.2, -0.15) is 0 Å². The van der Waals surface area contributed by atoms with E-state index in [4.69, 9.17) is 4.74 Å². The fraction of sp³-hybridized carbons (Fsp3) is 0.269. The third-order valence-electron chi connectivity index (χ3n) is 6.07. The van der Waals surface area contributed by atoms with Crippen LogP contribution >= 0.6 is 15.9 Å². The zero-order valence-corrected chi connectivity index (χ0v) is 22.1. The van der Waals surface area contributed by atoms with Gasteiger partial charge in [0.1, 0.15) is 5.75 Å². The number of rotatable bonds is 7. The predicted molar refractivity (Wildman–Crippen MR) is 142 cm³/mol. The summed E-state index contributed by atoms with van der Waals surface area (Å²) in [5, 5.41) is 0. The molecular formula is C26H28BrN3O4S. The van der Waals surface area contributed by atoms with Crippen LogP contribution < -0.4 is 14.4 Å². The Kier molecular flexibility index (Phi) is 7.66. The summed E-state index contributed by atoms with van der Waals surface area (Å²) in [5.74, 6) is 0.750. The summed E-state index contributed by atoms with van der Waals surface area (Å²) in [6.45, 7) is 4.51. The van der Waals surface area contributed by atoms with Gasteiger partial charge in [-0.25, -0.2) is 8.42 Å². The van der Waals surface area contributed by atoms with Gasteiger partial charge in [0.05, 0.1) is 17.7 Å². The number of hydrogen-bond acceptors (Lipinski definition) is 5. The molecule has 1 N–H and O–H groups in total. The smallest absolute Gasteiger partial charge is 0.262 e. The number of benzene rings is 3. The van der Waals surface area contributed by atoms with E-state index in [1.54, 1.807) is 43.5 Å². The van der Waals surface area contributed by atoms with E-state index in [1.807, 2.05) is 42.2 Å². The maximum absolute atomic E-state index is 13.0. The second-order valence-corrected chi connectivity index (χ2v) is 10.8. The molecule has 4 rings (SSSR count). The Bertz CT molecular complexity index is 1300. The van der Waals surface area contributed by atoms with Crippen molar-refractivity contribution in [1.82, 2.24) is 4.90 Å². The van der Waals surface area contributed by atoms with Crippen molar-refractivity contribution >= 4 is 43.2 Å². The Morgan fingerprint density at radius 3 is 2.34 bits per heavy atom. The number of halogens is 1. The lowest BCUT2D eigenvalue weighted by Crippen LogP contribution is -2.48. The number of nitrogens with zero attached hydrogens (tertiary/aromatic N) is 2. The van der Waals surface area contributed by atoms with Crippen LogP contribution in [0.2, 0.25) is 0 Å².